The average molecular weight is 481 g/mol. The third-order valence-electron chi connectivity index (χ3n) is 4.13. The number of thiazole rings is 1. The van der Waals surface area contributed by atoms with Crippen molar-refractivity contribution in [3.8, 4) is 5.75 Å². The first-order valence-electron chi connectivity index (χ1n) is 7.79. The Morgan fingerprint density at radius 1 is 1.50 bits per heavy atom. The Morgan fingerprint density at radius 3 is 3.00 bits per heavy atom. The molecule has 1 aliphatic rings. The molecule has 132 valence electrons. The Bertz CT molecular complexity index is 824. The van der Waals surface area contributed by atoms with Crippen molar-refractivity contribution < 1.29 is 13.2 Å². The highest BCUT2D eigenvalue weighted by Crippen LogP contribution is 2.33. The van der Waals surface area contributed by atoms with Gasteiger partial charge >= 0.3 is 0 Å². The minimum Gasteiger partial charge on any atom is -0.497 e. The lowest BCUT2D eigenvalue weighted by Crippen LogP contribution is -2.50. The number of nitrogens with one attached hydrogen (secondary N) is 1. The van der Waals surface area contributed by atoms with E-state index in [-0.39, 0.29) is 15.8 Å². The van der Waals surface area contributed by atoms with Crippen LogP contribution in [0.1, 0.15) is 19.8 Å². The van der Waals surface area contributed by atoms with Crippen LogP contribution >= 0.6 is 33.9 Å². The number of methoxy groups -OCH3 is 1. The van der Waals surface area contributed by atoms with Crippen molar-refractivity contribution in [3.63, 3.8) is 0 Å². The molecule has 6 nitrogen and oxygen atoms in total. The first-order chi connectivity index (χ1) is 11.4. The number of rotatable bonds is 5. The second kappa shape index (κ2) is 7.30. The van der Waals surface area contributed by atoms with Crippen molar-refractivity contribution in [2.24, 2.45) is 0 Å². The molecule has 1 N–H and O–H groups in total. The van der Waals surface area contributed by atoms with E-state index < -0.39 is 10.0 Å². The van der Waals surface area contributed by atoms with Crippen LogP contribution in [0, 0.1) is 0 Å². The number of aromatic nitrogens is 1. The summed E-state index contributed by atoms with van der Waals surface area (Å²) < 4.78 is 32.3. The second-order valence-corrected chi connectivity index (χ2v) is 10.1. The van der Waals surface area contributed by atoms with Gasteiger partial charge in [-0.3, -0.25) is 0 Å². The topological polar surface area (TPSA) is 71.5 Å². The van der Waals surface area contributed by atoms with Crippen LogP contribution in [0.2, 0.25) is 0 Å². The van der Waals surface area contributed by atoms with Gasteiger partial charge in [0, 0.05) is 6.54 Å². The largest absolute Gasteiger partial charge is 0.497 e. The lowest BCUT2D eigenvalue weighted by atomic mass is 10.1. The molecule has 0 saturated carbocycles. The normalized spacial score (nSPS) is 22.6. The highest BCUT2D eigenvalue weighted by atomic mass is 127. The van der Waals surface area contributed by atoms with Gasteiger partial charge in [-0.25, -0.2) is 13.4 Å². The maximum absolute atomic E-state index is 12.2. The van der Waals surface area contributed by atoms with Gasteiger partial charge in [-0.2, -0.15) is 4.31 Å². The third kappa shape index (κ3) is 3.63. The van der Waals surface area contributed by atoms with Crippen LogP contribution in [0.15, 0.2) is 18.2 Å². The van der Waals surface area contributed by atoms with Crippen molar-refractivity contribution >= 4 is 59.3 Å². The standard InChI is InChI=1S/C15H20IN3O3S2/c1-3-24(20,21)19-8-4-5-12(14(19)16)18-15-17-11-7-6-10(22-2)9-13(11)23-15/h6-7,9,12,14H,3-5,8H2,1-2H3,(H,17,18). The number of hydrogen-bond donors (Lipinski definition) is 1. The molecule has 2 aromatic rings. The Kier molecular flexibility index (Phi) is 5.52. The molecule has 2 unspecified atom stereocenters. The van der Waals surface area contributed by atoms with Crippen LogP contribution in [0.5, 0.6) is 5.75 Å². The number of anilines is 1. The van der Waals surface area contributed by atoms with Crippen molar-refractivity contribution in [1.29, 1.82) is 0 Å². The van der Waals surface area contributed by atoms with Gasteiger partial charge in [0.25, 0.3) is 0 Å². The van der Waals surface area contributed by atoms with Gasteiger partial charge in [0.2, 0.25) is 10.0 Å². The predicted octanol–water partition coefficient (Wildman–Crippen LogP) is 3.29. The quantitative estimate of drug-likeness (QED) is 0.403. The first-order valence-corrected chi connectivity index (χ1v) is 11.5. The average Bonchev–Trinajstić information content (AvgIpc) is 2.97. The fourth-order valence-corrected chi connectivity index (χ4v) is 6.79. The summed E-state index contributed by atoms with van der Waals surface area (Å²) in [6, 6.07) is 5.85. The molecule has 0 amide bonds. The highest BCUT2D eigenvalue weighted by molar-refractivity contribution is 14.1. The number of benzene rings is 1. The molecule has 1 aromatic carbocycles. The van der Waals surface area contributed by atoms with Crippen LogP contribution < -0.4 is 10.1 Å². The van der Waals surface area contributed by atoms with Gasteiger partial charge in [-0.1, -0.05) is 33.9 Å². The van der Waals surface area contributed by atoms with E-state index in [9.17, 15) is 8.42 Å². The molecule has 0 radical (unpaired) electrons. The fourth-order valence-electron chi connectivity index (χ4n) is 2.78. The Balaban J connectivity index is 1.80. The maximum atomic E-state index is 12.2. The number of nitrogens with zero attached hydrogens (tertiary/aromatic N) is 2. The summed E-state index contributed by atoms with van der Waals surface area (Å²) in [6.45, 7) is 2.29. The zero-order chi connectivity index (χ0) is 17.3. The lowest BCUT2D eigenvalue weighted by Gasteiger charge is -2.37. The molecule has 1 aliphatic heterocycles. The number of ether oxygens (including phenoxy) is 1. The summed E-state index contributed by atoms with van der Waals surface area (Å²) in [5.41, 5.74) is 0.919. The van der Waals surface area contributed by atoms with E-state index in [1.54, 1.807) is 29.7 Å². The molecular weight excluding hydrogens is 461 g/mol. The first kappa shape index (κ1) is 18.2. The molecule has 1 aromatic heterocycles. The monoisotopic (exact) mass is 481 g/mol. The lowest BCUT2D eigenvalue weighted by molar-refractivity contribution is 0.314. The third-order valence-corrected chi connectivity index (χ3v) is 8.85. The summed E-state index contributed by atoms with van der Waals surface area (Å²) >= 11 is 3.79. The number of hydrogen-bond acceptors (Lipinski definition) is 6. The van der Waals surface area contributed by atoms with Crippen LogP contribution in [0.4, 0.5) is 5.13 Å². The zero-order valence-corrected chi connectivity index (χ0v) is 17.3. The van der Waals surface area contributed by atoms with Crippen LogP contribution in [-0.2, 0) is 10.0 Å². The summed E-state index contributed by atoms with van der Waals surface area (Å²) in [5, 5.41) is 4.26. The molecule has 2 atom stereocenters. The van der Waals surface area contributed by atoms with Crippen LogP contribution in [0.25, 0.3) is 10.2 Å². The highest BCUT2D eigenvalue weighted by Gasteiger charge is 2.36. The smallest absolute Gasteiger partial charge is 0.214 e. The van der Waals surface area contributed by atoms with Crippen LogP contribution in [0.3, 0.4) is 0 Å². The molecule has 2 heterocycles. The van der Waals surface area contributed by atoms with Gasteiger partial charge in [-0.15, -0.1) is 0 Å². The van der Waals surface area contributed by atoms with E-state index in [1.165, 1.54) is 0 Å². The van der Waals surface area contributed by atoms with Crippen molar-refractivity contribution in [3.05, 3.63) is 18.2 Å². The van der Waals surface area contributed by atoms with E-state index in [1.807, 2.05) is 18.2 Å². The molecule has 9 heteroatoms. The SMILES string of the molecule is CCS(=O)(=O)N1CCCC(Nc2nc3ccc(OC)cc3s2)C1I. The minimum atomic E-state index is -3.18. The van der Waals surface area contributed by atoms with E-state index in [0.717, 1.165) is 33.9 Å². The molecule has 1 saturated heterocycles. The van der Waals surface area contributed by atoms with E-state index >= 15 is 0 Å². The zero-order valence-electron chi connectivity index (χ0n) is 13.5. The number of piperidine rings is 1. The van der Waals surface area contributed by atoms with Crippen molar-refractivity contribution in [2.45, 2.75) is 29.9 Å². The molecule has 24 heavy (non-hydrogen) atoms. The maximum Gasteiger partial charge on any atom is 0.214 e. The molecule has 3 rings (SSSR count). The summed E-state index contributed by atoms with van der Waals surface area (Å²) in [5.74, 6) is 0.947. The minimum absolute atomic E-state index is 0.0585. The van der Waals surface area contributed by atoms with Gasteiger partial charge < -0.3 is 10.1 Å². The fraction of sp³-hybridized carbons (Fsp3) is 0.533. The second-order valence-electron chi connectivity index (χ2n) is 5.63. The number of fused-ring (bicyclic) bond motifs is 1. The van der Waals surface area contributed by atoms with Gasteiger partial charge in [-0.05, 0) is 38.0 Å². The Labute approximate surface area is 159 Å². The van der Waals surface area contributed by atoms with Gasteiger partial charge in [0.05, 0.1) is 33.2 Å². The Morgan fingerprint density at radius 2 is 2.29 bits per heavy atom. The molecular formula is C15H20IN3O3S2. The number of halogens is 1. The summed E-state index contributed by atoms with van der Waals surface area (Å²) in [7, 11) is -1.53. The summed E-state index contributed by atoms with van der Waals surface area (Å²) in [6.07, 6.45) is 1.79. The predicted molar refractivity (Wildman–Crippen MR) is 107 cm³/mol. The van der Waals surface area contributed by atoms with E-state index in [2.05, 4.69) is 32.9 Å². The van der Waals surface area contributed by atoms with Gasteiger partial charge in [0.15, 0.2) is 5.13 Å². The van der Waals surface area contributed by atoms with E-state index in [4.69, 9.17) is 4.74 Å². The molecule has 0 spiro atoms. The molecule has 1 fully saturated rings. The summed E-state index contributed by atoms with van der Waals surface area (Å²) in [4.78, 5) is 4.60. The van der Waals surface area contributed by atoms with Crippen molar-refractivity contribution in [1.82, 2.24) is 9.29 Å². The number of sulfonamides is 1. The van der Waals surface area contributed by atoms with Gasteiger partial charge in [0.1, 0.15) is 5.75 Å². The van der Waals surface area contributed by atoms with Crippen molar-refractivity contribution in [2.75, 3.05) is 24.7 Å². The van der Waals surface area contributed by atoms with E-state index in [0.29, 0.717) is 6.54 Å². The molecule has 0 bridgehead atoms. The number of alkyl halides is 1. The van der Waals surface area contributed by atoms with Crippen LogP contribution in [-0.4, -0.2) is 47.2 Å². The molecule has 0 aliphatic carbocycles. The Hall–Kier alpha value is -0.650.